The molecule has 30 heavy (non-hydrogen) atoms. The quantitative estimate of drug-likeness (QED) is 0.624. The molecule has 1 aromatic carbocycles. The van der Waals surface area contributed by atoms with Gasteiger partial charge in [0.15, 0.2) is 0 Å². The normalized spacial score (nSPS) is 25.8. The number of likely N-dealkylation sites (tertiary alicyclic amines) is 1. The van der Waals surface area contributed by atoms with Gasteiger partial charge in [-0.2, -0.15) is 0 Å². The second-order valence-electron chi connectivity index (χ2n) is 7.35. The summed E-state index contributed by atoms with van der Waals surface area (Å²) in [6.45, 7) is 0.639. The van der Waals surface area contributed by atoms with Crippen LogP contribution in [-0.2, 0) is 25.6 Å². The zero-order chi connectivity index (χ0) is 21.4. The van der Waals surface area contributed by atoms with Crippen LogP contribution in [0.15, 0.2) is 40.9 Å². The Bertz CT molecular complexity index is 936. The van der Waals surface area contributed by atoms with E-state index in [9.17, 15) is 24.3 Å². The predicted octanol–water partition coefficient (Wildman–Crippen LogP) is 0.889. The third kappa shape index (κ3) is 3.81. The van der Waals surface area contributed by atoms with Gasteiger partial charge < -0.3 is 15.3 Å². The van der Waals surface area contributed by atoms with Gasteiger partial charge in [0.05, 0.1) is 11.7 Å². The number of carboxylic acids is 1. The van der Waals surface area contributed by atoms with E-state index >= 15 is 0 Å². The Hall–Kier alpha value is -2.46. The van der Waals surface area contributed by atoms with Crippen molar-refractivity contribution >= 4 is 47.2 Å². The van der Waals surface area contributed by atoms with Crippen LogP contribution in [-0.4, -0.2) is 74.6 Å². The van der Waals surface area contributed by atoms with E-state index in [-0.39, 0.29) is 29.2 Å². The second kappa shape index (κ2) is 8.35. The van der Waals surface area contributed by atoms with Crippen molar-refractivity contribution in [1.29, 1.82) is 0 Å². The number of carbonyl (C=O) groups excluding carboxylic acids is 3. The minimum atomic E-state index is -1.19. The van der Waals surface area contributed by atoms with E-state index in [1.165, 1.54) is 28.4 Å². The highest BCUT2D eigenvalue weighted by Gasteiger charge is 2.54. The van der Waals surface area contributed by atoms with Gasteiger partial charge in [0.2, 0.25) is 11.8 Å². The largest absolute Gasteiger partial charge is 0.477 e. The summed E-state index contributed by atoms with van der Waals surface area (Å²) in [6, 6.07) is 8.46. The highest BCUT2D eigenvalue weighted by molar-refractivity contribution is 8.07. The number of amides is 3. The number of nitrogens with one attached hydrogen (secondary N) is 1. The topological polar surface area (TPSA) is 107 Å². The summed E-state index contributed by atoms with van der Waals surface area (Å²) in [4.78, 5) is 52.6. The number of rotatable bonds is 6. The summed E-state index contributed by atoms with van der Waals surface area (Å²) in [6.07, 6.45) is 0.804. The molecule has 2 fully saturated rings. The molecule has 8 nitrogen and oxygen atoms in total. The van der Waals surface area contributed by atoms with E-state index in [1.807, 2.05) is 30.3 Å². The molecular formula is C20H21N3O5S2. The smallest absolute Gasteiger partial charge is 0.353 e. The Morgan fingerprint density at radius 3 is 2.60 bits per heavy atom. The Balaban J connectivity index is 1.45. The van der Waals surface area contributed by atoms with Gasteiger partial charge in [-0.05, 0) is 12.0 Å². The Labute approximate surface area is 182 Å². The van der Waals surface area contributed by atoms with Crippen molar-refractivity contribution in [2.45, 2.75) is 29.5 Å². The lowest BCUT2D eigenvalue weighted by molar-refractivity contribution is -0.150. The molecule has 3 atom stereocenters. The van der Waals surface area contributed by atoms with E-state index in [4.69, 9.17) is 0 Å². The van der Waals surface area contributed by atoms with Crippen LogP contribution < -0.4 is 5.32 Å². The predicted molar refractivity (Wildman–Crippen MR) is 113 cm³/mol. The standard InChI is InChI=1S/C20H21N3O5S2/c1-22-8-7-12(17(22)25)30-13-10-29-19-15(18(26)23(19)16(13)20(27)28)21-14(24)9-11-5-3-2-4-6-11/h2-6,12,15,19H,7-10H2,1H3,(H,21,24)(H,27,28)/t12?,15-,19-/m1/s1. The fourth-order valence-electron chi connectivity index (χ4n) is 3.76. The maximum absolute atomic E-state index is 12.7. The van der Waals surface area contributed by atoms with Crippen LogP contribution in [0.2, 0.25) is 0 Å². The van der Waals surface area contributed by atoms with E-state index in [2.05, 4.69) is 5.32 Å². The Morgan fingerprint density at radius 1 is 1.23 bits per heavy atom. The zero-order valence-corrected chi connectivity index (χ0v) is 17.9. The summed E-state index contributed by atoms with van der Waals surface area (Å²) in [7, 11) is 1.72. The number of β-lactam (4-membered cyclic amide) rings is 1. The van der Waals surface area contributed by atoms with E-state index in [1.54, 1.807) is 11.9 Å². The van der Waals surface area contributed by atoms with Gasteiger partial charge in [-0.1, -0.05) is 30.3 Å². The molecule has 4 rings (SSSR count). The van der Waals surface area contributed by atoms with Crippen LogP contribution in [0, 0.1) is 0 Å². The van der Waals surface area contributed by atoms with E-state index in [0.29, 0.717) is 23.6 Å². The Kier molecular flexibility index (Phi) is 5.79. The average molecular weight is 448 g/mol. The van der Waals surface area contributed by atoms with Crippen LogP contribution >= 0.6 is 23.5 Å². The van der Waals surface area contributed by atoms with Crippen molar-refractivity contribution < 1.29 is 24.3 Å². The molecule has 0 spiro atoms. The average Bonchev–Trinajstić information content (AvgIpc) is 3.04. The first kappa shape index (κ1) is 20.8. The number of thioether (sulfide) groups is 2. The first-order valence-electron chi connectivity index (χ1n) is 9.53. The molecule has 2 saturated heterocycles. The first-order chi connectivity index (χ1) is 14.4. The first-order valence-corrected chi connectivity index (χ1v) is 11.5. The molecule has 0 bridgehead atoms. The lowest BCUT2D eigenvalue weighted by atomic mass is 10.0. The monoisotopic (exact) mass is 447 g/mol. The number of carboxylic acid groups (broad SMARTS) is 1. The third-order valence-corrected chi connectivity index (χ3v) is 8.13. The van der Waals surface area contributed by atoms with Crippen molar-refractivity contribution in [3.63, 3.8) is 0 Å². The molecule has 3 heterocycles. The molecule has 3 aliphatic rings. The summed E-state index contributed by atoms with van der Waals surface area (Å²) in [5.74, 6) is -1.53. The van der Waals surface area contributed by atoms with E-state index < -0.39 is 23.3 Å². The summed E-state index contributed by atoms with van der Waals surface area (Å²) < 4.78 is 0. The summed E-state index contributed by atoms with van der Waals surface area (Å²) in [5, 5.41) is 11.7. The van der Waals surface area contributed by atoms with Crippen LogP contribution in [0.25, 0.3) is 0 Å². The van der Waals surface area contributed by atoms with E-state index in [0.717, 1.165) is 5.56 Å². The van der Waals surface area contributed by atoms with Crippen molar-refractivity contribution in [2.24, 2.45) is 0 Å². The highest BCUT2D eigenvalue weighted by Crippen LogP contribution is 2.45. The molecule has 0 aliphatic carbocycles. The number of carbonyl (C=O) groups is 4. The van der Waals surface area contributed by atoms with Gasteiger partial charge in [-0.25, -0.2) is 4.79 Å². The number of hydrogen-bond donors (Lipinski definition) is 2. The molecule has 3 aliphatic heterocycles. The number of nitrogens with zero attached hydrogens (tertiary/aromatic N) is 2. The maximum atomic E-state index is 12.7. The highest BCUT2D eigenvalue weighted by atomic mass is 32.2. The minimum absolute atomic E-state index is 0.0228. The molecule has 3 amide bonds. The van der Waals surface area contributed by atoms with Crippen molar-refractivity contribution in [3.05, 3.63) is 46.5 Å². The molecule has 0 radical (unpaired) electrons. The summed E-state index contributed by atoms with van der Waals surface area (Å²) >= 11 is 2.65. The van der Waals surface area contributed by atoms with Crippen molar-refractivity contribution in [2.75, 3.05) is 19.3 Å². The van der Waals surface area contributed by atoms with Gasteiger partial charge in [-0.3, -0.25) is 19.3 Å². The van der Waals surface area contributed by atoms with Crippen LogP contribution in [0.5, 0.6) is 0 Å². The minimum Gasteiger partial charge on any atom is -0.477 e. The fraction of sp³-hybridized carbons (Fsp3) is 0.400. The molecule has 10 heteroatoms. The van der Waals surface area contributed by atoms with Gasteiger partial charge in [0, 0.05) is 24.3 Å². The summed E-state index contributed by atoms with van der Waals surface area (Å²) in [5.41, 5.74) is 0.774. The molecule has 0 aromatic heterocycles. The molecule has 1 aromatic rings. The lowest BCUT2D eigenvalue weighted by Crippen LogP contribution is -2.70. The third-order valence-electron chi connectivity index (χ3n) is 5.32. The van der Waals surface area contributed by atoms with Gasteiger partial charge in [0.1, 0.15) is 17.1 Å². The number of hydrogen-bond acceptors (Lipinski definition) is 6. The molecule has 158 valence electrons. The SMILES string of the molecule is CN1CCC(SC2=C(C(=O)O)N3C(=O)[C@@H](NC(=O)Cc4ccccc4)[C@H]3SC2)C1=O. The number of fused-ring (bicyclic) bond motifs is 1. The van der Waals surface area contributed by atoms with Gasteiger partial charge in [0.25, 0.3) is 5.91 Å². The number of aliphatic carboxylic acids is 1. The van der Waals surface area contributed by atoms with Crippen molar-refractivity contribution in [3.8, 4) is 0 Å². The van der Waals surface area contributed by atoms with Crippen LogP contribution in [0.1, 0.15) is 12.0 Å². The van der Waals surface area contributed by atoms with Gasteiger partial charge in [-0.15, -0.1) is 23.5 Å². The van der Waals surface area contributed by atoms with Gasteiger partial charge >= 0.3 is 5.97 Å². The Morgan fingerprint density at radius 2 is 1.97 bits per heavy atom. The van der Waals surface area contributed by atoms with Crippen LogP contribution in [0.4, 0.5) is 0 Å². The molecule has 2 N–H and O–H groups in total. The molecule has 0 saturated carbocycles. The second-order valence-corrected chi connectivity index (χ2v) is 9.75. The molecular weight excluding hydrogens is 426 g/mol. The van der Waals surface area contributed by atoms with Crippen LogP contribution in [0.3, 0.4) is 0 Å². The molecule has 1 unspecified atom stereocenters. The number of benzene rings is 1. The maximum Gasteiger partial charge on any atom is 0.353 e. The lowest BCUT2D eigenvalue weighted by Gasteiger charge is -2.49. The fourth-order valence-corrected chi connectivity index (χ4v) is 6.57. The van der Waals surface area contributed by atoms with Crippen molar-refractivity contribution in [1.82, 2.24) is 15.1 Å². The zero-order valence-electron chi connectivity index (χ0n) is 16.2.